The molecule has 0 aliphatic heterocycles. The predicted octanol–water partition coefficient (Wildman–Crippen LogP) is 1.70. The third-order valence-corrected chi connectivity index (χ3v) is 3.56. The first-order valence-corrected chi connectivity index (χ1v) is 6.32. The minimum absolute atomic E-state index is 0.131. The maximum absolute atomic E-state index is 12.2. The second-order valence-corrected chi connectivity index (χ2v) is 4.90. The van der Waals surface area contributed by atoms with E-state index in [1.165, 1.54) is 0 Å². The van der Waals surface area contributed by atoms with Gasteiger partial charge in [0.15, 0.2) is 0 Å². The number of thiazole rings is 1. The van der Waals surface area contributed by atoms with E-state index in [2.05, 4.69) is 9.97 Å². The molecule has 18 heavy (non-hydrogen) atoms. The van der Waals surface area contributed by atoms with Gasteiger partial charge in [-0.3, -0.25) is 4.79 Å². The fourth-order valence-electron chi connectivity index (χ4n) is 1.57. The predicted molar refractivity (Wildman–Crippen MR) is 71.3 cm³/mol. The normalized spacial score (nSPS) is 10.3. The van der Waals surface area contributed by atoms with Gasteiger partial charge >= 0.3 is 0 Å². The number of aryl methyl sites for hydroxylation is 1. The SMILES string of the molecule is Cc1ncsc1CN(C)C(=O)c1cccnc1N. The van der Waals surface area contributed by atoms with Crippen LogP contribution in [0.15, 0.2) is 23.8 Å². The highest BCUT2D eigenvalue weighted by Crippen LogP contribution is 2.17. The van der Waals surface area contributed by atoms with Crippen molar-refractivity contribution in [1.82, 2.24) is 14.9 Å². The Balaban J connectivity index is 2.15. The lowest BCUT2D eigenvalue weighted by Crippen LogP contribution is -2.27. The van der Waals surface area contributed by atoms with Gasteiger partial charge in [0.25, 0.3) is 5.91 Å². The number of hydrogen-bond donors (Lipinski definition) is 1. The maximum atomic E-state index is 12.2. The van der Waals surface area contributed by atoms with Gasteiger partial charge in [0.2, 0.25) is 0 Å². The smallest absolute Gasteiger partial charge is 0.257 e. The zero-order chi connectivity index (χ0) is 13.1. The molecule has 94 valence electrons. The first-order chi connectivity index (χ1) is 8.59. The fourth-order valence-corrected chi connectivity index (χ4v) is 2.40. The van der Waals surface area contributed by atoms with Crippen molar-refractivity contribution >= 4 is 23.1 Å². The Labute approximate surface area is 109 Å². The highest BCUT2D eigenvalue weighted by Gasteiger charge is 2.16. The lowest BCUT2D eigenvalue weighted by molar-refractivity contribution is 0.0787. The van der Waals surface area contributed by atoms with Gasteiger partial charge in [-0.1, -0.05) is 0 Å². The van der Waals surface area contributed by atoms with Crippen molar-refractivity contribution in [2.75, 3.05) is 12.8 Å². The van der Waals surface area contributed by atoms with E-state index >= 15 is 0 Å². The van der Waals surface area contributed by atoms with Crippen LogP contribution in [0.4, 0.5) is 5.82 Å². The molecule has 5 nitrogen and oxygen atoms in total. The van der Waals surface area contributed by atoms with Crippen molar-refractivity contribution in [3.63, 3.8) is 0 Å². The van der Waals surface area contributed by atoms with Crippen LogP contribution in [0.2, 0.25) is 0 Å². The van der Waals surface area contributed by atoms with Crippen LogP contribution in [0.3, 0.4) is 0 Å². The van der Waals surface area contributed by atoms with Gasteiger partial charge in [-0.2, -0.15) is 0 Å². The summed E-state index contributed by atoms with van der Waals surface area (Å²) in [5, 5.41) is 0. The van der Waals surface area contributed by atoms with Crippen LogP contribution in [0.25, 0.3) is 0 Å². The average molecular weight is 262 g/mol. The molecule has 0 spiro atoms. The van der Waals surface area contributed by atoms with Crippen molar-refractivity contribution in [3.8, 4) is 0 Å². The van der Waals surface area contributed by atoms with E-state index in [-0.39, 0.29) is 11.7 Å². The highest BCUT2D eigenvalue weighted by molar-refractivity contribution is 7.09. The van der Waals surface area contributed by atoms with Gasteiger partial charge in [0.1, 0.15) is 5.82 Å². The number of carbonyl (C=O) groups excluding carboxylic acids is 1. The minimum Gasteiger partial charge on any atom is -0.383 e. The number of nitrogen functional groups attached to an aromatic ring is 1. The molecule has 2 aromatic rings. The molecule has 0 bridgehead atoms. The summed E-state index contributed by atoms with van der Waals surface area (Å²) in [5.74, 6) is 0.128. The van der Waals surface area contributed by atoms with Crippen molar-refractivity contribution in [2.45, 2.75) is 13.5 Å². The molecule has 1 amide bonds. The summed E-state index contributed by atoms with van der Waals surface area (Å²) in [5.41, 5.74) is 8.86. The molecule has 0 aliphatic rings. The van der Waals surface area contributed by atoms with Crippen LogP contribution >= 0.6 is 11.3 Å². The number of anilines is 1. The van der Waals surface area contributed by atoms with Crippen LogP contribution in [-0.2, 0) is 6.54 Å². The summed E-state index contributed by atoms with van der Waals surface area (Å²) in [6.45, 7) is 2.46. The van der Waals surface area contributed by atoms with Crippen molar-refractivity contribution in [1.29, 1.82) is 0 Å². The Morgan fingerprint density at radius 1 is 1.50 bits per heavy atom. The van der Waals surface area contributed by atoms with Crippen molar-refractivity contribution in [2.24, 2.45) is 0 Å². The van der Waals surface area contributed by atoms with E-state index < -0.39 is 0 Å². The zero-order valence-electron chi connectivity index (χ0n) is 10.3. The van der Waals surface area contributed by atoms with Gasteiger partial charge < -0.3 is 10.6 Å². The number of nitrogens with two attached hydrogens (primary N) is 1. The minimum atomic E-state index is -0.131. The number of nitrogens with zero attached hydrogens (tertiary/aromatic N) is 3. The molecule has 0 aromatic carbocycles. The first kappa shape index (κ1) is 12.5. The number of rotatable bonds is 3. The van der Waals surface area contributed by atoms with Crippen LogP contribution in [-0.4, -0.2) is 27.8 Å². The third kappa shape index (κ3) is 2.48. The number of aromatic nitrogens is 2. The lowest BCUT2D eigenvalue weighted by Gasteiger charge is -2.17. The molecule has 2 heterocycles. The molecule has 0 atom stereocenters. The lowest BCUT2D eigenvalue weighted by atomic mass is 10.2. The van der Waals surface area contributed by atoms with E-state index in [4.69, 9.17) is 5.73 Å². The van der Waals surface area contributed by atoms with Crippen molar-refractivity contribution in [3.05, 3.63) is 40.0 Å². The van der Waals surface area contributed by atoms with E-state index in [0.717, 1.165) is 10.6 Å². The Morgan fingerprint density at radius 2 is 2.28 bits per heavy atom. The fraction of sp³-hybridized carbons (Fsp3) is 0.250. The number of hydrogen-bond acceptors (Lipinski definition) is 5. The maximum Gasteiger partial charge on any atom is 0.257 e. The monoisotopic (exact) mass is 262 g/mol. The summed E-state index contributed by atoms with van der Waals surface area (Å²) >= 11 is 1.54. The largest absolute Gasteiger partial charge is 0.383 e. The number of carbonyl (C=O) groups is 1. The van der Waals surface area contributed by atoms with Crippen LogP contribution < -0.4 is 5.73 Å². The van der Waals surface area contributed by atoms with Crippen LogP contribution in [0.1, 0.15) is 20.9 Å². The number of pyridine rings is 1. The van der Waals surface area contributed by atoms with Gasteiger partial charge in [0.05, 0.1) is 23.3 Å². The average Bonchev–Trinajstić information content (AvgIpc) is 2.75. The molecule has 0 saturated carbocycles. The Bertz CT molecular complexity index is 567. The Morgan fingerprint density at radius 3 is 2.89 bits per heavy atom. The summed E-state index contributed by atoms with van der Waals surface area (Å²) < 4.78 is 0. The molecule has 0 saturated heterocycles. The molecule has 2 N–H and O–H groups in total. The summed E-state index contributed by atoms with van der Waals surface area (Å²) in [4.78, 5) is 23.0. The molecule has 2 aromatic heterocycles. The molecular weight excluding hydrogens is 248 g/mol. The zero-order valence-corrected chi connectivity index (χ0v) is 11.1. The molecule has 2 rings (SSSR count). The summed E-state index contributed by atoms with van der Waals surface area (Å²) in [6.07, 6.45) is 1.57. The second-order valence-electron chi connectivity index (χ2n) is 3.96. The summed E-state index contributed by atoms with van der Waals surface area (Å²) in [6, 6.07) is 3.38. The van der Waals surface area contributed by atoms with Gasteiger partial charge in [0, 0.05) is 18.1 Å². The number of amides is 1. The molecular formula is C12H14N4OS. The van der Waals surface area contributed by atoms with Gasteiger partial charge in [-0.25, -0.2) is 9.97 Å². The standard InChI is InChI=1S/C12H14N4OS/c1-8-10(18-7-15-8)6-16(2)12(17)9-4-3-5-14-11(9)13/h3-5,7H,6H2,1-2H3,(H2,13,14). The van der Waals surface area contributed by atoms with E-state index in [1.807, 2.05) is 6.92 Å². The van der Waals surface area contributed by atoms with Crippen molar-refractivity contribution < 1.29 is 4.79 Å². The topological polar surface area (TPSA) is 72.1 Å². The van der Waals surface area contributed by atoms with Gasteiger partial charge in [-0.15, -0.1) is 11.3 Å². The molecule has 0 aliphatic carbocycles. The highest BCUT2D eigenvalue weighted by atomic mass is 32.1. The third-order valence-electron chi connectivity index (χ3n) is 2.64. The Kier molecular flexibility index (Phi) is 3.57. The second kappa shape index (κ2) is 5.14. The van der Waals surface area contributed by atoms with E-state index in [9.17, 15) is 4.79 Å². The van der Waals surface area contributed by atoms with E-state index in [1.54, 1.807) is 47.1 Å². The van der Waals surface area contributed by atoms with Crippen LogP contribution in [0, 0.1) is 6.92 Å². The van der Waals surface area contributed by atoms with E-state index in [0.29, 0.717) is 12.1 Å². The molecule has 0 fully saturated rings. The summed E-state index contributed by atoms with van der Waals surface area (Å²) in [7, 11) is 1.74. The first-order valence-electron chi connectivity index (χ1n) is 5.44. The molecule has 0 radical (unpaired) electrons. The molecule has 0 unspecified atom stereocenters. The van der Waals surface area contributed by atoms with Gasteiger partial charge in [-0.05, 0) is 19.1 Å². The quantitative estimate of drug-likeness (QED) is 0.913. The van der Waals surface area contributed by atoms with Crippen LogP contribution in [0.5, 0.6) is 0 Å². The molecule has 6 heteroatoms. The Hall–Kier alpha value is -1.95.